The molecule has 2 atom stereocenters. The standard InChI is InChI=1S/C13H17NO3/c1-10(2)13(9-15)12(8-14(16)17)11-6-4-3-5-7-11/h3-7,9-10,12-13H,8H2,1-2H3/t12?,13-/m1/s1. The van der Waals surface area contributed by atoms with Crippen molar-refractivity contribution in [2.45, 2.75) is 19.8 Å². The minimum atomic E-state index is -0.351. The quantitative estimate of drug-likeness (QED) is 0.432. The van der Waals surface area contributed by atoms with Crippen LogP contribution in [0.4, 0.5) is 0 Å². The predicted molar refractivity (Wildman–Crippen MR) is 65.4 cm³/mol. The van der Waals surface area contributed by atoms with Crippen LogP contribution < -0.4 is 0 Å². The second-order valence-electron chi connectivity index (χ2n) is 4.49. The van der Waals surface area contributed by atoms with Gasteiger partial charge in [0.25, 0.3) is 0 Å². The number of benzene rings is 1. The highest BCUT2D eigenvalue weighted by Crippen LogP contribution is 2.29. The number of nitrogens with zero attached hydrogens (tertiary/aromatic N) is 1. The molecule has 1 aromatic carbocycles. The summed E-state index contributed by atoms with van der Waals surface area (Å²) < 4.78 is 0. The predicted octanol–water partition coefficient (Wildman–Crippen LogP) is 2.52. The van der Waals surface area contributed by atoms with E-state index in [0.717, 1.165) is 11.8 Å². The highest BCUT2D eigenvalue weighted by Gasteiger charge is 2.29. The molecular weight excluding hydrogens is 218 g/mol. The number of carbonyl (C=O) groups excluding carboxylic acids is 1. The molecule has 4 heteroatoms. The Morgan fingerprint density at radius 3 is 2.29 bits per heavy atom. The monoisotopic (exact) mass is 235 g/mol. The van der Waals surface area contributed by atoms with Crippen molar-refractivity contribution >= 4 is 6.29 Å². The van der Waals surface area contributed by atoms with Crippen molar-refractivity contribution in [1.29, 1.82) is 0 Å². The van der Waals surface area contributed by atoms with E-state index in [1.54, 1.807) is 0 Å². The first-order valence-corrected chi connectivity index (χ1v) is 5.68. The van der Waals surface area contributed by atoms with Crippen LogP contribution in [0.2, 0.25) is 0 Å². The van der Waals surface area contributed by atoms with E-state index in [1.165, 1.54) is 0 Å². The Morgan fingerprint density at radius 2 is 1.88 bits per heavy atom. The molecule has 1 aromatic rings. The van der Waals surface area contributed by atoms with Gasteiger partial charge in [0.1, 0.15) is 6.29 Å². The molecule has 92 valence electrons. The van der Waals surface area contributed by atoms with E-state index in [2.05, 4.69) is 0 Å². The van der Waals surface area contributed by atoms with Crippen LogP contribution in [-0.2, 0) is 4.79 Å². The van der Waals surface area contributed by atoms with Gasteiger partial charge >= 0.3 is 0 Å². The summed E-state index contributed by atoms with van der Waals surface area (Å²) in [6, 6.07) is 9.22. The van der Waals surface area contributed by atoms with E-state index >= 15 is 0 Å². The molecule has 0 aromatic heterocycles. The van der Waals surface area contributed by atoms with Gasteiger partial charge in [-0.25, -0.2) is 0 Å². The minimum Gasteiger partial charge on any atom is -0.303 e. The highest BCUT2D eigenvalue weighted by atomic mass is 16.6. The third kappa shape index (κ3) is 3.66. The number of nitro groups is 1. The van der Waals surface area contributed by atoms with Crippen molar-refractivity contribution in [2.24, 2.45) is 11.8 Å². The Balaban J connectivity index is 3.02. The van der Waals surface area contributed by atoms with Gasteiger partial charge in [0.2, 0.25) is 6.54 Å². The highest BCUT2D eigenvalue weighted by molar-refractivity contribution is 5.56. The van der Waals surface area contributed by atoms with Gasteiger partial charge in [-0.2, -0.15) is 0 Å². The van der Waals surface area contributed by atoms with E-state index in [4.69, 9.17) is 0 Å². The minimum absolute atomic E-state index is 0.0951. The maximum atomic E-state index is 11.1. The lowest BCUT2D eigenvalue weighted by Crippen LogP contribution is -2.26. The summed E-state index contributed by atoms with van der Waals surface area (Å²) in [7, 11) is 0. The van der Waals surface area contributed by atoms with E-state index in [9.17, 15) is 14.9 Å². The molecule has 0 radical (unpaired) electrons. The summed E-state index contributed by atoms with van der Waals surface area (Å²) in [5.41, 5.74) is 0.856. The van der Waals surface area contributed by atoms with Gasteiger partial charge in [-0.1, -0.05) is 44.2 Å². The van der Waals surface area contributed by atoms with Crippen molar-refractivity contribution in [3.05, 3.63) is 46.0 Å². The lowest BCUT2D eigenvalue weighted by molar-refractivity contribution is -0.484. The summed E-state index contributed by atoms with van der Waals surface area (Å²) in [5.74, 6) is -0.566. The van der Waals surface area contributed by atoms with E-state index in [1.807, 2.05) is 44.2 Å². The van der Waals surface area contributed by atoms with Crippen LogP contribution in [0.15, 0.2) is 30.3 Å². The van der Waals surface area contributed by atoms with Gasteiger partial charge in [-0.05, 0) is 11.5 Å². The molecule has 1 unspecified atom stereocenters. The molecule has 0 aliphatic carbocycles. The number of rotatable bonds is 6. The SMILES string of the molecule is CC(C)[C@@H](C=O)C(C[N+](=O)[O-])c1ccccc1. The smallest absolute Gasteiger partial charge is 0.211 e. The van der Waals surface area contributed by atoms with Gasteiger partial charge in [0.15, 0.2) is 0 Å². The molecular formula is C13H17NO3. The van der Waals surface area contributed by atoms with Crippen LogP contribution in [-0.4, -0.2) is 17.8 Å². The number of hydrogen-bond donors (Lipinski definition) is 0. The Bertz CT molecular complexity index is 376. The number of carbonyl (C=O) groups is 1. The summed E-state index contributed by atoms with van der Waals surface area (Å²) >= 11 is 0. The Hall–Kier alpha value is -1.71. The fourth-order valence-electron chi connectivity index (χ4n) is 2.03. The lowest BCUT2D eigenvalue weighted by atomic mass is 9.80. The van der Waals surface area contributed by atoms with Crippen LogP contribution in [0.5, 0.6) is 0 Å². The molecule has 0 fully saturated rings. The Morgan fingerprint density at radius 1 is 1.29 bits per heavy atom. The second kappa shape index (κ2) is 6.13. The number of aldehydes is 1. The average molecular weight is 235 g/mol. The number of hydrogen-bond acceptors (Lipinski definition) is 3. The second-order valence-corrected chi connectivity index (χ2v) is 4.49. The van der Waals surface area contributed by atoms with Gasteiger partial charge in [0, 0.05) is 10.8 Å². The zero-order valence-electron chi connectivity index (χ0n) is 10.1. The summed E-state index contributed by atoms with van der Waals surface area (Å²) in [6.07, 6.45) is 0.839. The first-order valence-electron chi connectivity index (χ1n) is 5.68. The topological polar surface area (TPSA) is 60.2 Å². The molecule has 0 amide bonds. The van der Waals surface area contributed by atoms with E-state index < -0.39 is 0 Å². The first-order chi connectivity index (χ1) is 8.06. The fraction of sp³-hybridized carbons (Fsp3) is 0.462. The van der Waals surface area contributed by atoms with Crippen molar-refractivity contribution < 1.29 is 9.72 Å². The van der Waals surface area contributed by atoms with Crippen LogP contribution in [0.1, 0.15) is 25.3 Å². The summed E-state index contributed by atoms with van der Waals surface area (Å²) in [4.78, 5) is 21.5. The van der Waals surface area contributed by atoms with Crippen LogP contribution in [0.25, 0.3) is 0 Å². The molecule has 0 aliphatic rings. The van der Waals surface area contributed by atoms with Crippen LogP contribution in [0.3, 0.4) is 0 Å². The van der Waals surface area contributed by atoms with Gasteiger partial charge in [0.05, 0.1) is 5.92 Å². The lowest BCUT2D eigenvalue weighted by Gasteiger charge is -2.22. The summed E-state index contributed by atoms with van der Waals surface area (Å²) in [6.45, 7) is 3.62. The molecule has 0 heterocycles. The molecule has 0 saturated heterocycles. The largest absolute Gasteiger partial charge is 0.303 e. The third-order valence-electron chi connectivity index (χ3n) is 2.97. The molecule has 0 spiro atoms. The first kappa shape index (κ1) is 13.4. The average Bonchev–Trinajstić information content (AvgIpc) is 2.29. The zero-order valence-corrected chi connectivity index (χ0v) is 10.1. The third-order valence-corrected chi connectivity index (χ3v) is 2.97. The van der Waals surface area contributed by atoms with E-state index in [0.29, 0.717) is 0 Å². The van der Waals surface area contributed by atoms with Gasteiger partial charge < -0.3 is 4.79 Å². The van der Waals surface area contributed by atoms with Gasteiger partial charge in [-0.15, -0.1) is 0 Å². The molecule has 4 nitrogen and oxygen atoms in total. The Kier molecular flexibility index (Phi) is 4.82. The molecule has 0 N–H and O–H groups in total. The fourth-order valence-corrected chi connectivity index (χ4v) is 2.03. The normalized spacial score (nSPS) is 14.3. The molecule has 17 heavy (non-hydrogen) atoms. The van der Waals surface area contributed by atoms with Crippen LogP contribution in [0, 0.1) is 22.0 Å². The van der Waals surface area contributed by atoms with Crippen LogP contribution >= 0.6 is 0 Å². The molecule has 1 rings (SSSR count). The maximum absolute atomic E-state index is 11.1. The molecule has 0 saturated carbocycles. The van der Waals surface area contributed by atoms with Crippen molar-refractivity contribution in [3.63, 3.8) is 0 Å². The van der Waals surface area contributed by atoms with E-state index in [-0.39, 0.29) is 29.2 Å². The van der Waals surface area contributed by atoms with Crippen molar-refractivity contribution in [2.75, 3.05) is 6.54 Å². The summed E-state index contributed by atoms with van der Waals surface area (Å²) in [5, 5.41) is 10.7. The van der Waals surface area contributed by atoms with Gasteiger partial charge in [-0.3, -0.25) is 10.1 Å². The van der Waals surface area contributed by atoms with Crippen molar-refractivity contribution in [1.82, 2.24) is 0 Å². The van der Waals surface area contributed by atoms with Crippen molar-refractivity contribution in [3.8, 4) is 0 Å². The maximum Gasteiger partial charge on any atom is 0.211 e. The Labute approximate surface area is 101 Å². The zero-order chi connectivity index (χ0) is 12.8. The molecule has 0 bridgehead atoms. The molecule has 0 aliphatic heterocycles.